The minimum atomic E-state index is 0.240. The van der Waals surface area contributed by atoms with Gasteiger partial charge < -0.3 is 4.90 Å². The maximum Gasteiger partial charge on any atom is 0.222 e. The number of amides is 1. The van der Waals surface area contributed by atoms with Crippen molar-refractivity contribution in [3.05, 3.63) is 52.3 Å². The van der Waals surface area contributed by atoms with Crippen molar-refractivity contribution in [2.75, 3.05) is 13.1 Å². The number of benzene rings is 1. The van der Waals surface area contributed by atoms with Crippen LogP contribution in [0.15, 0.2) is 24.3 Å². The molecule has 0 aliphatic rings. The maximum atomic E-state index is 12.8. The standard InChI is InChI=1S/C25H34N4O/c1-7-15-28(16-8-2)23(30)14-13-22-18(4)24-20(6)27-29(25(24)26-19(22)5)21-11-9-17(3)10-12-21/h9-12H,7-8,13-16H2,1-6H3. The molecule has 0 radical (unpaired) electrons. The molecule has 0 aliphatic carbocycles. The van der Waals surface area contributed by atoms with Crippen LogP contribution in [0.2, 0.25) is 0 Å². The molecule has 1 aromatic carbocycles. The average Bonchev–Trinajstić information content (AvgIpc) is 3.04. The largest absolute Gasteiger partial charge is 0.343 e. The Kier molecular flexibility index (Phi) is 6.91. The summed E-state index contributed by atoms with van der Waals surface area (Å²) in [6.45, 7) is 14.2. The van der Waals surface area contributed by atoms with E-state index in [4.69, 9.17) is 10.1 Å². The molecule has 5 heteroatoms. The van der Waals surface area contributed by atoms with Gasteiger partial charge in [-0.05, 0) is 70.2 Å². The van der Waals surface area contributed by atoms with Crippen molar-refractivity contribution >= 4 is 16.9 Å². The molecule has 0 saturated carbocycles. The van der Waals surface area contributed by atoms with Crippen LogP contribution < -0.4 is 0 Å². The summed E-state index contributed by atoms with van der Waals surface area (Å²) in [5, 5.41) is 5.88. The third kappa shape index (κ3) is 4.40. The zero-order valence-corrected chi connectivity index (χ0v) is 19.2. The Morgan fingerprint density at radius 1 is 0.967 bits per heavy atom. The van der Waals surface area contributed by atoms with Gasteiger partial charge in [0.2, 0.25) is 5.91 Å². The summed E-state index contributed by atoms with van der Waals surface area (Å²) in [7, 11) is 0. The van der Waals surface area contributed by atoms with Crippen LogP contribution in [-0.2, 0) is 11.2 Å². The molecular weight excluding hydrogens is 372 g/mol. The van der Waals surface area contributed by atoms with Gasteiger partial charge in [0.15, 0.2) is 5.65 Å². The number of hydrogen-bond donors (Lipinski definition) is 0. The van der Waals surface area contributed by atoms with Gasteiger partial charge in [0.25, 0.3) is 0 Å². The van der Waals surface area contributed by atoms with Gasteiger partial charge in [0.1, 0.15) is 0 Å². The Bertz CT molecular complexity index is 1030. The molecule has 160 valence electrons. The zero-order valence-electron chi connectivity index (χ0n) is 19.2. The molecule has 2 heterocycles. The number of carbonyl (C=O) groups is 1. The quantitative estimate of drug-likeness (QED) is 0.514. The molecule has 5 nitrogen and oxygen atoms in total. The first-order chi connectivity index (χ1) is 14.4. The van der Waals surface area contributed by atoms with Gasteiger partial charge in [-0.3, -0.25) is 4.79 Å². The van der Waals surface area contributed by atoms with E-state index in [1.165, 1.54) is 16.7 Å². The van der Waals surface area contributed by atoms with Crippen molar-refractivity contribution in [3.8, 4) is 5.69 Å². The lowest BCUT2D eigenvalue weighted by molar-refractivity contribution is -0.131. The molecule has 0 unspecified atom stereocenters. The van der Waals surface area contributed by atoms with Gasteiger partial charge in [-0.2, -0.15) is 5.10 Å². The summed E-state index contributed by atoms with van der Waals surface area (Å²) < 4.78 is 1.93. The molecule has 0 N–H and O–H groups in total. The van der Waals surface area contributed by atoms with Crippen molar-refractivity contribution in [1.82, 2.24) is 19.7 Å². The van der Waals surface area contributed by atoms with Gasteiger partial charge in [-0.25, -0.2) is 9.67 Å². The van der Waals surface area contributed by atoms with Crippen molar-refractivity contribution in [2.45, 2.75) is 67.2 Å². The van der Waals surface area contributed by atoms with Crippen LogP contribution >= 0.6 is 0 Å². The van der Waals surface area contributed by atoms with E-state index in [-0.39, 0.29) is 5.91 Å². The minimum Gasteiger partial charge on any atom is -0.343 e. The number of aromatic nitrogens is 3. The number of nitrogens with zero attached hydrogens (tertiary/aromatic N) is 4. The van der Waals surface area contributed by atoms with Crippen LogP contribution in [0.3, 0.4) is 0 Å². The molecule has 0 fully saturated rings. The fourth-order valence-corrected chi connectivity index (χ4v) is 4.23. The summed E-state index contributed by atoms with van der Waals surface area (Å²) in [5.74, 6) is 0.240. The Hall–Kier alpha value is -2.69. The summed E-state index contributed by atoms with van der Waals surface area (Å²) in [4.78, 5) is 19.7. The van der Waals surface area contributed by atoms with E-state index in [0.29, 0.717) is 6.42 Å². The lowest BCUT2D eigenvalue weighted by atomic mass is 9.99. The Morgan fingerprint density at radius 3 is 2.20 bits per heavy atom. The highest BCUT2D eigenvalue weighted by Gasteiger charge is 2.19. The van der Waals surface area contributed by atoms with Crippen molar-refractivity contribution < 1.29 is 4.79 Å². The predicted octanol–water partition coefficient (Wildman–Crippen LogP) is 5.24. The van der Waals surface area contributed by atoms with Gasteiger partial charge >= 0.3 is 0 Å². The first-order valence-electron chi connectivity index (χ1n) is 11.1. The lowest BCUT2D eigenvalue weighted by Gasteiger charge is -2.22. The molecular formula is C25H34N4O. The molecule has 1 amide bonds. The Morgan fingerprint density at radius 2 is 1.60 bits per heavy atom. The maximum absolute atomic E-state index is 12.8. The fourth-order valence-electron chi connectivity index (χ4n) is 4.23. The zero-order chi connectivity index (χ0) is 21.8. The molecule has 2 aromatic heterocycles. The van der Waals surface area contributed by atoms with Gasteiger partial charge in [-0.15, -0.1) is 0 Å². The van der Waals surface area contributed by atoms with E-state index in [2.05, 4.69) is 52.0 Å². The number of rotatable bonds is 8. The molecule has 30 heavy (non-hydrogen) atoms. The molecule has 0 bridgehead atoms. The lowest BCUT2D eigenvalue weighted by Crippen LogP contribution is -2.32. The SMILES string of the molecule is CCCN(CCC)C(=O)CCc1c(C)nc2c(c(C)nn2-c2ccc(C)cc2)c1C. The Labute approximate surface area is 180 Å². The summed E-state index contributed by atoms with van der Waals surface area (Å²) >= 11 is 0. The summed E-state index contributed by atoms with van der Waals surface area (Å²) in [6, 6.07) is 8.35. The highest BCUT2D eigenvalue weighted by molar-refractivity contribution is 5.85. The number of carbonyl (C=O) groups excluding carboxylic acids is 1. The second-order valence-electron chi connectivity index (χ2n) is 8.21. The van der Waals surface area contributed by atoms with E-state index in [1.54, 1.807) is 0 Å². The van der Waals surface area contributed by atoms with E-state index in [9.17, 15) is 4.79 Å². The van der Waals surface area contributed by atoms with Crippen LogP contribution in [0.1, 0.15) is 61.2 Å². The first-order valence-corrected chi connectivity index (χ1v) is 11.1. The normalized spacial score (nSPS) is 11.3. The van der Waals surface area contributed by atoms with Gasteiger partial charge in [0.05, 0.1) is 11.4 Å². The van der Waals surface area contributed by atoms with E-state index >= 15 is 0 Å². The smallest absolute Gasteiger partial charge is 0.222 e. The Balaban J connectivity index is 1.93. The number of pyridine rings is 1. The second-order valence-corrected chi connectivity index (χ2v) is 8.21. The van der Waals surface area contributed by atoms with E-state index in [0.717, 1.165) is 60.5 Å². The molecule has 3 rings (SSSR count). The molecule has 0 aliphatic heterocycles. The van der Waals surface area contributed by atoms with Crippen LogP contribution in [0, 0.1) is 27.7 Å². The van der Waals surface area contributed by atoms with Gasteiger partial charge in [0, 0.05) is 30.6 Å². The van der Waals surface area contributed by atoms with E-state index in [1.807, 2.05) is 23.4 Å². The van der Waals surface area contributed by atoms with Gasteiger partial charge in [-0.1, -0.05) is 31.5 Å². The number of aryl methyl sites for hydroxylation is 4. The molecule has 0 spiro atoms. The van der Waals surface area contributed by atoms with Crippen molar-refractivity contribution in [1.29, 1.82) is 0 Å². The van der Waals surface area contributed by atoms with Crippen LogP contribution in [-0.4, -0.2) is 38.7 Å². The number of hydrogen-bond acceptors (Lipinski definition) is 3. The summed E-state index contributed by atoms with van der Waals surface area (Å²) in [6.07, 6.45) is 3.24. The minimum absolute atomic E-state index is 0.240. The topological polar surface area (TPSA) is 51.0 Å². The van der Waals surface area contributed by atoms with Crippen molar-refractivity contribution in [3.63, 3.8) is 0 Å². The second kappa shape index (κ2) is 9.41. The van der Waals surface area contributed by atoms with Crippen LogP contribution in [0.5, 0.6) is 0 Å². The monoisotopic (exact) mass is 406 g/mol. The summed E-state index contributed by atoms with van der Waals surface area (Å²) in [5.41, 5.74) is 7.46. The predicted molar refractivity (Wildman–Crippen MR) is 123 cm³/mol. The average molecular weight is 407 g/mol. The van der Waals surface area contributed by atoms with Crippen molar-refractivity contribution in [2.24, 2.45) is 0 Å². The molecule has 0 saturated heterocycles. The molecule has 0 atom stereocenters. The highest BCUT2D eigenvalue weighted by atomic mass is 16.2. The van der Waals surface area contributed by atoms with Crippen LogP contribution in [0.4, 0.5) is 0 Å². The fraction of sp³-hybridized carbons (Fsp3) is 0.480. The number of fused-ring (bicyclic) bond motifs is 1. The van der Waals surface area contributed by atoms with Crippen LogP contribution in [0.25, 0.3) is 16.7 Å². The molecule has 3 aromatic rings. The third-order valence-corrected chi connectivity index (χ3v) is 5.78. The van der Waals surface area contributed by atoms with E-state index < -0.39 is 0 Å². The third-order valence-electron chi connectivity index (χ3n) is 5.78. The first kappa shape index (κ1) is 22.0. The highest BCUT2D eigenvalue weighted by Crippen LogP contribution is 2.28.